The number of anilines is 2. The Bertz CT molecular complexity index is 1060. The number of unbranched alkanes of at least 4 members (excludes halogenated alkanes) is 1. The van der Waals surface area contributed by atoms with Crippen LogP contribution in [0.15, 0.2) is 78.9 Å². The minimum Gasteiger partial charge on any atom is -0.378 e. The van der Waals surface area contributed by atoms with E-state index in [0.717, 1.165) is 57.4 Å². The summed E-state index contributed by atoms with van der Waals surface area (Å²) in [6.07, 6.45) is -0.276. The summed E-state index contributed by atoms with van der Waals surface area (Å²) in [5, 5.41) is 0. The highest BCUT2D eigenvalue weighted by Gasteiger charge is 2.31. The molecule has 3 aromatic carbocycles. The summed E-state index contributed by atoms with van der Waals surface area (Å²) in [5.74, 6) is 0. The largest absolute Gasteiger partial charge is 0.416 e. The average Bonchev–Trinajstić information content (AvgIpc) is 2.89. The molecule has 1 aliphatic rings. The van der Waals surface area contributed by atoms with E-state index in [4.69, 9.17) is 0 Å². The fourth-order valence-electron chi connectivity index (χ4n) is 5.01. The average molecular weight is 496 g/mol. The number of halogens is 3. The quantitative estimate of drug-likeness (QED) is 0.295. The normalized spacial score (nSPS) is 15.6. The van der Waals surface area contributed by atoms with E-state index in [0.29, 0.717) is 0 Å². The van der Waals surface area contributed by atoms with Crippen LogP contribution in [-0.4, -0.2) is 45.2 Å². The summed E-state index contributed by atoms with van der Waals surface area (Å²) < 4.78 is 39.4. The van der Waals surface area contributed by atoms with Crippen molar-refractivity contribution in [1.82, 2.24) is 4.90 Å². The van der Waals surface area contributed by atoms with E-state index in [1.807, 2.05) is 20.2 Å². The Morgan fingerprint density at radius 2 is 1.42 bits per heavy atom. The van der Waals surface area contributed by atoms with Gasteiger partial charge in [-0.1, -0.05) is 48.9 Å². The second-order valence-corrected chi connectivity index (χ2v) is 9.80. The van der Waals surface area contributed by atoms with Gasteiger partial charge >= 0.3 is 6.18 Å². The molecule has 0 aromatic heterocycles. The zero-order chi connectivity index (χ0) is 25.5. The molecule has 0 radical (unpaired) electrons. The van der Waals surface area contributed by atoms with E-state index < -0.39 is 11.7 Å². The smallest absolute Gasteiger partial charge is 0.378 e. The van der Waals surface area contributed by atoms with Crippen LogP contribution in [0.5, 0.6) is 0 Å². The Morgan fingerprint density at radius 3 is 2.00 bits per heavy atom. The van der Waals surface area contributed by atoms with Gasteiger partial charge < -0.3 is 9.80 Å². The Kier molecular flexibility index (Phi) is 8.57. The number of alkyl halides is 3. The van der Waals surface area contributed by atoms with Crippen molar-refractivity contribution in [3.05, 3.63) is 95.6 Å². The summed E-state index contributed by atoms with van der Waals surface area (Å²) in [6, 6.07) is 25.0. The maximum atomic E-state index is 13.1. The van der Waals surface area contributed by atoms with E-state index in [1.165, 1.54) is 29.1 Å². The van der Waals surface area contributed by atoms with Crippen molar-refractivity contribution < 1.29 is 13.2 Å². The lowest BCUT2D eigenvalue weighted by molar-refractivity contribution is -0.137. The van der Waals surface area contributed by atoms with Gasteiger partial charge in [-0.2, -0.15) is 13.2 Å². The second kappa shape index (κ2) is 11.8. The third-order valence-electron chi connectivity index (χ3n) is 7.14. The third-order valence-corrected chi connectivity index (χ3v) is 7.14. The van der Waals surface area contributed by atoms with Crippen LogP contribution in [0, 0.1) is 0 Å². The molecule has 1 unspecified atom stereocenters. The molecule has 0 amide bonds. The van der Waals surface area contributed by atoms with Crippen molar-refractivity contribution in [1.29, 1.82) is 0 Å². The van der Waals surface area contributed by atoms with E-state index >= 15 is 0 Å². The van der Waals surface area contributed by atoms with Crippen molar-refractivity contribution in [3.8, 4) is 0 Å². The van der Waals surface area contributed by atoms with Crippen LogP contribution in [0.1, 0.15) is 42.0 Å². The number of benzene rings is 3. The summed E-state index contributed by atoms with van der Waals surface area (Å²) >= 11 is 0. The Morgan fingerprint density at radius 1 is 0.778 bits per heavy atom. The molecule has 192 valence electrons. The monoisotopic (exact) mass is 495 g/mol. The number of piperazine rings is 1. The number of hydrogen-bond acceptors (Lipinski definition) is 3. The van der Waals surface area contributed by atoms with Crippen molar-refractivity contribution in [2.45, 2.75) is 37.9 Å². The van der Waals surface area contributed by atoms with E-state index in [1.54, 1.807) is 12.1 Å². The molecule has 36 heavy (non-hydrogen) atoms. The van der Waals surface area contributed by atoms with Crippen molar-refractivity contribution >= 4 is 11.4 Å². The van der Waals surface area contributed by atoms with Gasteiger partial charge in [-0.3, -0.25) is 4.90 Å². The summed E-state index contributed by atoms with van der Waals surface area (Å²) in [4.78, 5) is 6.93. The van der Waals surface area contributed by atoms with Crippen molar-refractivity contribution in [2.24, 2.45) is 0 Å². The first-order valence-electron chi connectivity index (χ1n) is 12.8. The number of para-hydroxylation sites is 1. The molecule has 1 saturated heterocycles. The lowest BCUT2D eigenvalue weighted by Crippen LogP contribution is -2.47. The van der Waals surface area contributed by atoms with Crippen molar-refractivity contribution in [2.75, 3.05) is 50.1 Å². The number of rotatable bonds is 9. The van der Waals surface area contributed by atoms with Crippen LogP contribution in [0.25, 0.3) is 0 Å². The van der Waals surface area contributed by atoms with Gasteiger partial charge in [0, 0.05) is 57.7 Å². The molecular weight excluding hydrogens is 459 g/mol. The number of aryl methyl sites for hydroxylation is 1. The highest BCUT2D eigenvalue weighted by atomic mass is 19.4. The molecule has 0 saturated carbocycles. The molecular formula is C30H36F3N3. The summed E-state index contributed by atoms with van der Waals surface area (Å²) in [6.45, 7) is 3.62. The fraction of sp³-hybridized carbons (Fsp3) is 0.400. The van der Waals surface area contributed by atoms with Crippen LogP contribution < -0.4 is 9.80 Å². The third kappa shape index (κ3) is 6.82. The molecule has 3 aromatic rings. The van der Waals surface area contributed by atoms with Crippen LogP contribution in [0.3, 0.4) is 0 Å². The van der Waals surface area contributed by atoms with Gasteiger partial charge in [0.15, 0.2) is 0 Å². The lowest BCUT2D eigenvalue weighted by Gasteiger charge is -2.40. The Labute approximate surface area is 213 Å². The van der Waals surface area contributed by atoms with Gasteiger partial charge in [-0.05, 0) is 66.8 Å². The number of nitrogens with zero attached hydrogens (tertiary/aromatic N) is 3. The van der Waals surface area contributed by atoms with Crippen LogP contribution in [-0.2, 0) is 12.6 Å². The van der Waals surface area contributed by atoms with Gasteiger partial charge in [0.05, 0.1) is 5.56 Å². The van der Waals surface area contributed by atoms with Crippen molar-refractivity contribution in [3.63, 3.8) is 0 Å². The zero-order valence-electron chi connectivity index (χ0n) is 21.2. The fourth-order valence-corrected chi connectivity index (χ4v) is 5.01. The number of hydrogen-bond donors (Lipinski definition) is 0. The molecule has 0 aliphatic carbocycles. The zero-order valence-corrected chi connectivity index (χ0v) is 21.2. The Balaban J connectivity index is 1.39. The predicted molar refractivity (Wildman–Crippen MR) is 143 cm³/mol. The highest BCUT2D eigenvalue weighted by molar-refractivity contribution is 5.47. The first-order valence-corrected chi connectivity index (χ1v) is 12.8. The topological polar surface area (TPSA) is 9.72 Å². The lowest BCUT2D eigenvalue weighted by atomic mass is 9.96. The van der Waals surface area contributed by atoms with Crippen LogP contribution in [0.4, 0.5) is 24.5 Å². The standard InChI is InChI=1S/C30H36F3N3/c1-34(2)27-18-12-24(13-19-27)8-6-7-11-29(25-14-16-26(17-15-25)30(31,32)33)36-22-20-35(21-23-36)28-9-4-3-5-10-28/h3-5,9-10,12-19,29H,6-8,11,20-23H2,1-2H3. The summed E-state index contributed by atoms with van der Waals surface area (Å²) in [7, 11) is 4.08. The molecule has 1 fully saturated rings. The maximum absolute atomic E-state index is 13.1. The first kappa shape index (κ1) is 26.1. The van der Waals surface area contributed by atoms with Crippen LogP contribution >= 0.6 is 0 Å². The SMILES string of the molecule is CN(C)c1ccc(CCCCC(c2ccc(C(F)(F)F)cc2)N2CCN(c3ccccc3)CC2)cc1. The highest BCUT2D eigenvalue weighted by Crippen LogP contribution is 2.33. The van der Waals surface area contributed by atoms with Gasteiger partial charge in [0.1, 0.15) is 0 Å². The van der Waals surface area contributed by atoms with Crippen LogP contribution in [0.2, 0.25) is 0 Å². The molecule has 4 rings (SSSR count). The van der Waals surface area contributed by atoms with E-state index in [2.05, 4.69) is 63.2 Å². The first-order chi connectivity index (χ1) is 17.3. The molecule has 3 nitrogen and oxygen atoms in total. The minimum atomic E-state index is -4.31. The molecule has 6 heteroatoms. The summed E-state index contributed by atoms with van der Waals surface area (Å²) in [5.41, 5.74) is 4.13. The molecule has 0 spiro atoms. The van der Waals surface area contributed by atoms with E-state index in [-0.39, 0.29) is 6.04 Å². The molecule has 1 atom stereocenters. The molecule has 1 aliphatic heterocycles. The van der Waals surface area contributed by atoms with Gasteiger partial charge in [-0.25, -0.2) is 0 Å². The minimum absolute atomic E-state index is 0.126. The molecule has 1 heterocycles. The van der Waals surface area contributed by atoms with Gasteiger partial charge in [-0.15, -0.1) is 0 Å². The Hall–Kier alpha value is -2.99. The molecule has 0 N–H and O–H groups in total. The van der Waals surface area contributed by atoms with Gasteiger partial charge in [0.25, 0.3) is 0 Å². The van der Waals surface area contributed by atoms with Gasteiger partial charge in [0.2, 0.25) is 0 Å². The van der Waals surface area contributed by atoms with E-state index in [9.17, 15) is 13.2 Å². The second-order valence-electron chi connectivity index (χ2n) is 9.80. The maximum Gasteiger partial charge on any atom is 0.416 e. The molecule has 0 bridgehead atoms. The predicted octanol–water partition coefficient (Wildman–Crippen LogP) is 7.05.